The summed E-state index contributed by atoms with van der Waals surface area (Å²) in [6.45, 7) is 0. The number of methoxy groups -OCH3 is 2. The van der Waals surface area contributed by atoms with E-state index in [9.17, 15) is 4.57 Å². The molecule has 0 spiro atoms. The lowest BCUT2D eigenvalue weighted by atomic mass is 9.80. The lowest BCUT2D eigenvalue weighted by Gasteiger charge is -2.32. The zero-order valence-corrected chi connectivity index (χ0v) is 26.5. The highest BCUT2D eigenvalue weighted by molar-refractivity contribution is 7.33. The Labute approximate surface area is 271 Å². The summed E-state index contributed by atoms with van der Waals surface area (Å²) in [7, 11) is 0.424. The average molecular weight is 626 g/mol. The molecule has 0 aliphatic carbocycles. The van der Waals surface area contributed by atoms with Crippen LogP contribution in [0.15, 0.2) is 170 Å². The molecule has 0 saturated heterocycles. The Bertz CT molecular complexity index is 1630. The average Bonchev–Trinajstić information content (AvgIpc) is 3.14. The van der Waals surface area contributed by atoms with Crippen molar-refractivity contribution >= 4 is 8.25 Å². The van der Waals surface area contributed by atoms with Gasteiger partial charge in [-0.2, -0.15) is 0 Å². The maximum Gasteiger partial charge on any atom is 0.700 e. The second-order valence-electron chi connectivity index (χ2n) is 10.7. The molecule has 0 heterocycles. The zero-order valence-electron chi connectivity index (χ0n) is 25.7. The van der Waals surface area contributed by atoms with E-state index in [2.05, 4.69) is 0 Å². The van der Waals surface area contributed by atoms with Crippen LogP contribution in [0.3, 0.4) is 0 Å². The third-order valence-electron chi connectivity index (χ3n) is 8.14. The van der Waals surface area contributed by atoms with Crippen molar-refractivity contribution in [2.45, 2.75) is 11.2 Å². The van der Waals surface area contributed by atoms with Crippen LogP contribution in [0.2, 0.25) is 0 Å². The largest absolute Gasteiger partial charge is 0.700 e. The molecule has 0 unspecified atom stereocenters. The first kappa shape index (κ1) is 30.9. The Morgan fingerprint density at radius 2 is 0.609 bits per heavy atom. The molecule has 0 aliphatic rings. The van der Waals surface area contributed by atoms with Crippen LogP contribution < -0.4 is 9.47 Å². The maximum absolute atomic E-state index is 14.8. The van der Waals surface area contributed by atoms with Crippen LogP contribution in [0.1, 0.15) is 33.4 Å². The summed E-state index contributed by atoms with van der Waals surface area (Å²) in [5.74, 6) is 1.40. The fourth-order valence-corrected chi connectivity index (χ4v) is 7.02. The van der Waals surface area contributed by atoms with E-state index in [1.165, 1.54) is 0 Å². The standard InChI is InChI=1S/C40H34O5P/c1-42-37-27-23-35(24-28-37)39(31-15-7-3-8-16-31,32-17-9-4-10-18-32)44-46(41)45-40(33-19-11-5-12-20-33,34-21-13-6-14-22-34)36-25-29-38(43-2)30-26-36/h3-30H,1-2H3/q+1. The lowest BCUT2D eigenvalue weighted by Crippen LogP contribution is -2.34. The summed E-state index contributed by atoms with van der Waals surface area (Å²) in [6, 6.07) is 54.5. The van der Waals surface area contributed by atoms with Crippen LogP contribution >= 0.6 is 8.25 Å². The highest BCUT2D eigenvalue weighted by atomic mass is 31.1. The number of benzene rings is 6. The van der Waals surface area contributed by atoms with Crippen molar-refractivity contribution in [3.8, 4) is 11.5 Å². The minimum absolute atomic E-state index is 0.700. The quantitative estimate of drug-likeness (QED) is 0.100. The molecule has 0 atom stereocenters. The van der Waals surface area contributed by atoms with E-state index < -0.39 is 19.5 Å². The summed E-state index contributed by atoms with van der Waals surface area (Å²) in [4.78, 5) is 0. The second-order valence-corrected chi connectivity index (χ2v) is 11.5. The Balaban J connectivity index is 1.55. The van der Waals surface area contributed by atoms with Gasteiger partial charge in [0.05, 0.1) is 14.2 Å². The van der Waals surface area contributed by atoms with E-state index in [0.29, 0.717) is 11.5 Å². The van der Waals surface area contributed by atoms with Gasteiger partial charge in [0, 0.05) is 4.57 Å². The van der Waals surface area contributed by atoms with Crippen molar-refractivity contribution in [1.82, 2.24) is 0 Å². The van der Waals surface area contributed by atoms with E-state index in [1.54, 1.807) is 14.2 Å². The smallest absolute Gasteiger partial charge is 0.497 e. The van der Waals surface area contributed by atoms with E-state index >= 15 is 0 Å². The predicted octanol–water partition coefficient (Wildman–Crippen LogP) is 9.68. The van der Waals surface area contributed by atoms with Gasteiger partial charge in [-0.3, -0.25) is 0 Å². The number of ether oxygens (including phenoxy) is 2. The van der Waals surface area contributed by atoms with Gasteiger partial charge in [0.1, 0.15) is 11.5 Å². The summed E-state index contributed by atoms with van der Waals surface area (Å²) >= 11 is 0. The molecule has 6 aromatic rings. The molecule has 5 nitrogen and oxygen atoms in total. The first-order chi connectivity index (χ1) is 22.6. The van der Waals surface area contributed by atoms with Gasteiger partial charge in [-0.25, -0.2) is 0 Å². The Kier molecular flexibility index (Phi) is 9.37. The first-order valence-electron chi connectivity index (χ1n) is 15.0. The van der Waals surface area contributed by atoms with Gasteiger partial charge >= 0.3 is 8.25 Å². The van der Waals surface area contributed by atoms with Crippen LogP contribution in [0.5, 0.6) is 11.5 Å². The van der Waals surface area contributed by atoms with Crippen LogP contribution in [-0.4, -0.2) is 14.2 Å². The lowest BCUT2D eigenvalue weighted by molar-refractivity contribution is 0.0829. The molecule has 0 radical (unpaired) electrons. The van der Waals surface area contributed by atoms with Gasteiger partial charge in [0.2, 0.25) is 11.2 Å². The van der Waals surface area contributed by atoms with Crippen LogP contribution in [0.4, 0.5) is 0 Å². The monoisotopic (exact) mass is 625 g/mol. The van der Waals surface area contributed by atoms with E-state index in [1.807, 2.05) is 170 Å². The molecular formula is C40H34O5P+. The van der Waals surface area contributed by atoms with Crippen molar-refractivity contribution in [2.75, 3.05) is 14.2 Å². The molecule has 0 bridgehead atoms. The topological polar surface area (TPSA) is 54.0 Å². The summed E-state index contributed by atoms with van der Waals surface area (Å²) in [6.07, 6.45) is 0. The third kappa shape index (κ3) is 5.96. The summed E-state index contributed by atoms with van der Waals surface area (Å²) in [5.41, 5.74) is 2.16. The van der Waals surface area contributed by atoms with Gasteiger partial charge in [0.25, 0.3) is 0 Å². The van der Waals surface area contributed by atoms with Crippen LogP contribution in [-0.2, 0) is 24.8 Å². The molecule has 6 rings (SSSR count). The zero-order chi connectivity index (χ0) is 31.8. The SMILES string of the molecule is COc1ccc(C(O[P+](=O)OC(c2ccccc2)(c2ccccc2)c2ccc(OC)cc2)(c2ccccc2)c2ccccc2)cc1. The second kappa shape index (κ2) is 13.9. The minimum atomic E-state index is -2.83. The molecule has 0 aromatic heterocycles. The fourth-order valence-electron chi connectivity index (χ4n) is 5.90. The highest BCUT2D eigenvalue weighted by Gasteiger charge is 2.53. The van der Waals surface area contributed by atoms with E-state index in [4.69, 9.17) is 18.5 Å². The Morgan fingerprint density at radius 1 is 0.370 bits per heavy atom. The van der Waals surface area contributed by atoms with Gasteiger partial charge < -0.3 is 9.47 Å². The fraction of sp³-hybridized carbons (Fsp3) is 0.100. The van der Waals surface area contributed by atoms with Gasteiger partial charge in [-0.1, -0.05) is 155 Å². The minimum Gasteiger partial charge on any atom is -0.497 e. The number of hydrogen-bond acceptors (Lipinski definition) is 5. The molecule has 6 heteroatoms. The predicted molar refractivity (Wildman–Crippen MR) is 181 cm³/mol. The van der Waals surface area contributed by atoms with Crippen LogP contribution in [0, 0.1) is 0 Å². The summed E-state index contributed by atoms with van der Waals surface area (Å²) < 4.78 is 39.5. The van der Waals surface area contributed by atoms with Crippen molar-refractivity contribution in [3.63, 3.8) is 0 Å². The molecular weight excluding hydrogens is 591 g/mol. The molecule has 46 heavy (non-hydrogen) atoms. The van der Waals surface area contributed by atoms with Gasteiger partial charge in [0.15, 0.2) is 0 Å². The van der Waals surface area contributed by atoms with Gasteiger partial charge in [-0.15, -0.1) is 0 Å². The Morgan fingerprint density at radius 3 is 0.848 bits per heavy atom. The van der Waals surface area contributed by atoms with E-state index in [-0.39, 0.29) is 0 Å². The Hall–Kier alpha value is -5.06. The van der Waals surface area contributed by atoms with Gasteiger partial charge in [-0.05, 0) is 57.6 Å². The molecule has 6 aromatic carbocycles. The highest BCUT2D eigenvalue weighted by Crippen LogP contribution is 2.53. The van der Waals surface area contributed by atoms with Crippen molar-refractivity contribution in [2.24, 2.45) is 0 Å². The molecule has 0 aliphatic heterocycles. The van der Waals surface area contributed by atoms with Crippen molar-refractivity contribution in [3.05, 3.63) is 203 Å². The van der Waals surface area contributed by atoms with E-state index in [0.717, 1.165) is 33.4 Å². The first-order valence-corrected chi connectivity index (χ1v) is 16.1. The molecule has 228 valence electrons. The normalized spacial score (nSPS) is 11.5. The number of hydrogen-bond donors (Lipinski definition) is 0. The van der Waals surface area contributed by atoms with Crippen LogP contribution in [0.25, 0.3) is 0 Å². The molecule has 0 amide bonds. The van der Waals surface area contributed by atoms with Crippen molar-refractivity contribution < 1.29 is 23.1 Å². The molecule has 0 saturated carbocycles. The third-order valence-corrected chi connectivity index (χ3v) is 8.98. The molecule has 0 fully saturated rings. The maximum atomic E-state index is 14.8. The molecule has 0 N–H and O–H groups in total. The number of rotatable bonds is 12. The van der Waals surface area contributed by atoms with Crippen molar-refractivity contribution in [1.29, 1.82) is 0 Å². The summed E-state index contributed by atoms with van der Waals surface area (Å²) in [5, 5.41) is 0.